The van der Waals surface area contributed by atoms with Crippen LogP contribution in [-0.4, -0.2) is 12.3 Å². The van der Waals surface area contributed by atoms with Crippen molar-refractivity contribution in [3.8, 4) is 0 Å². The van der Waals surface area contributed by atoms with Gasteiger partial charge in [0, 0.05) is 18.7 Å². The lowest BCUT2D eigenvalue weighted by atomic mass is 10.1. The van der Waals surface area contributed by atoms with Gasteiger partial charge in [-0.25, -0.2) is 0 Å². The van der Waals surface area contributed by atoms with Gasteiger partial charge in [-0.05, 0) is 30.3 Å². The second-order valence-electron chi connectivity index (χ2n) is 4.90. The molecular weight excluding hydrogens is 331 g/mol. The Labute approximate surface area is 136 Å². The first-order chi connectivity index (χ1) is 10.1. The second-order valence-corrected chi connectivity index (χ2v) is 7.01. The van der Waals surface area contributed by atoms with E-state index in [1.54, 1.807) is 6.07 Å². The van der Waals surface area contributed by atoms with E-state index in [1.165, 1.54) is 17.0 Å². The molecule has 0 aromatic heterocycles. The molecule has 0 amide bonds. The van der Waals surface area contributed by atoms with E-state index >= 15 is 0 Å². The van der Waals surface area contributed by atoms with Gasteiger partial charge < -0.3 is 5.32 Å². The molecule has 0 fully saturated rings. The molecule has 2 aromatic rings. The lowest BCUT2D eigenvalue weighted by Gasteiger charge is -2.11. The predicted octanol–water partition coefficient (Wildman–Crippen LogP) is 4.27. The maximum Gasteiger partial charge on any atom is 0.416 e. The molecule has 1 heterocycles. The summed E-state index contributed by atoms with van der Waals surface area (Å²) in [6.07, 6.45) is -4.29. The Morgan fingerprint density at radius 2 is 1.73 bits per heavy atom. The van der Waals surface area contributed by atoms with Crippen molar-refractivity contribution >= 4 is 23.3 Å². The molecule has 118 valence electrons. The summed E-state index contributed by atoms with van der Waals surface area (Å²) in [7, 11) is -0.165. The molecule has 1 aliphatic heterocycles. The zero-order chi connectivity index (χ0) is 14.9. The van der Waals surface area contributed by atoms with Crippen LogP contribution in [0.4, 0.5) is 13.2 Å². The van der Waals surface area contributed by atoms with E-state index in [0.717, 1.165) is 22.8 Å². The molecule has 1 unspecified atom stereocenters. The van der Waals surface area contributed by atoms with Crippen LogP contribution < -0.4 is 5.32 Å². The number of rotatable bonds is 1. The molecule has 1 N–H and O–H groups in total. The number of alkyl halides is 3. The van der Waals surface area contributed by atoms with E-state index in [0.29, 0.717) is 6.54 Å². The van der Waals surface area contributed by atoms with Crippen LogP contribution in [0.15, 0.2) is 58.3 Å². The number of nitrogens with one attached hydrogen (secondary N) is 1. The van der Waals surface area contributed by atoms with Gasteiger partial charge in [-0.15, -0.1) is 12.4 Å². The van der Waals surface area contributed by atoms with Crippen LogP contribution in [0.1, 0.15) is 11.1 Å². The van der Waals surface area contributed by atoms with Crippen molar-refractivity contribution < 1.29 is 13.2 Å². The van der Waals surface area contributed by atoms with Gasteiger partial charge in [-0.1, -0.05) is 18.2 Å². The fourth-order valence-corrected chi connectivity index (χ4v) is 4.69. The summed E-state index contributed by atoms with van der Waals surface area (Å²) in [6.45, 7) is 1.31. The summed E-state index contributed by atoms with van der Waals surface area (Å²) in [5.41, 5.74) is 0.191. The van der Waals surface area contributed by atoms with Crippen LogP contribution in [0.5, 0.6) is 0 Å². The fraction of sp³-hybridized carbons (Fsp3) is 0.250. The second kappa shape index (κ2) is 6.94. The molecule has 1 aliphatic rings. The topological polar surface area (TPSA) is 12.0 Å². The van der Waals surface area contributed by atoms with Gasteiger partial charge in [-0.2, -0.15) is 13.2 Å². The molecule has 0 aliphatic carbocycles. The van der Waals surface area contributed by atoms with Gasteiger partial charge in [0.25, 0.3) is 0 Å². The monoisotopic (exact) mass is 346 g/mol. The number of fused-ring (bicyclic) bond motifs is 1. The first-order valence-corrected chi connectivity index (χ1v) is 8.12. The fourth-order valence-electron chi connectivity index (χ4n) is 2.47. The maximum atomic E-state index is 12.9. The molecule has 0 saturated carbocycles. The molecule has 3 rings (SSSR count). The summed E-state index contributed by atoms with van der Waals surface area (Å²) >= 11 is 0. The first-order valence-electron chi connectivity index (χ1n) is 6.72. The highest BCUT2D eigenvalue weighted by atomic mass is 35.5. The summed E-state index contributed by atoms with van der Waals surface area (Å²) in [4.78, 5) is 2.21. The molecule has 0 spiro atoms. The Morgan fingerprint density at radius 3 is 2.41 bits per heavy atom. The van der Waals surface area contributed by atoms with E-state index in [1.807, 2.05) is 18.2 Å². The van der Waals surface area contributed by atoms with Crippen molar-refractivity contribution in [1.29, 1.82) is 0 Å². The first kappa shape index (κ1) is 17.2. The van der Waals surface area contributed by atoms with Crippen LogP contribution in [0.25, 0.3) is 0 Å². The minimum atomic E-state index is -4.29. The van der Waals surface area contributed by atoms with Crippen molar-refractivity contribution in [3.63, 3.8) is 0 Å². The molecule has 0 radical (unpaired) electrons. The highest BCUT2D eigenvalue weighted by Crippen LogP contribution is 2.34. The van der Waals surface area contributed by atoms with Gasteiger partial charge in [0.1, 0.15) is 5.75 Å². The molecule has 22 heavy (non-hydrogen) atoms. The Hall–Kier alpha value is -1.17. The molecular formula is C16H16ClF3NS+. The van der Waals surface area contributed by atoms with Gasteiger partial charge in [0.05, 0.1) is 16.5 Å². The number of halogens is 4. The predicted molar refractivity (Wildman–Crippen MR) is 85.6 cm³/mol. The van der Waals surface area contributed by atoms with E-state index in [9.17, 15) is 13.2 Å². The van der Waals surface area contributed by atoms with E-state index in [-0.39, 0.29) is 23.3 Å². The summed E-state index contributed by atoms with van der Waals surface area (Å²) < 4.78 is 38.6. The number of hydrogen-bond acceptors (Lipinski definition) is 1. The smallest absolute Gasteiger partial charge is 0.308 e. The Bertz CT molecular complexity index is 631. The van der Waals surface area contributed by atoms with E-state index in [2.05, 4.69) is 17.4 Å². The lowest BCUT2D eigenvalue weighted by Crippen LogP contribution is -2.18. The third-order valence-corrected chi connectivity index (χ3v) is 5.86. The van der Waals surface area contributed by atoms with Crippen molar-refractivity contribution in [2.24, 2.45) is 0 Å². The van der Waals surface area contributed by atoms with Crippen LogP contribution >= 0.6 is 12.4 Å². The average molecular weight is 347 g/mol. The molecule has 6 heteroatoms. The third-order valence-electron chi connectivity index (χ3n) is 3.48. The maximum absolute atomic E-state index is 12.9. The van der Waals surface area contributed by atoms with Crippen LogP contribution in [0, 0.1) is 0 Å². The third kappa shape index (κ3) is 3.59. The van der Waals surface area contributed by atoms with Crippen molar-refractivity contribution in [3.05, 3.63) is 59.7 Å². The summed E-state index contributed by atoms with van der Waals surface area (Å²) in [5.74, 6) is 0.919. The van der Waals surface area contributed by atoms with Gasteiger partial charge in [0.2, 0.25) is 0 Å². The zero-order valence-corrected chi connectivity index (χ0v) is 13.3. The number of benzene rings is 2. The highest BCUT2D eigenvalue weighted by Gasteiger charge is 2.35. The Kier molecular flexibility index (Phi) is 5.42. The van der Waals surface area contributed by atoms with Gasteiger partial charge in [-0.3, -0.25) is 0 Å². The molecule has 1 atom stereocenters. The Balaban J connectivity index is 0.00000176. The van der Waals surface area contributed by atoms with Crippen LogP contribution in [0.2, 0.25) is 0 Å². The molecule has 2 aromatic carbocycles. The van der Waals surface area contributed by atoms with Crippen molar-refractivity contribution in [2.75, 3.05) is 12.3 Å². The lowest BCUT2D eigenvalue weighted by molar-refractivity contribution is -0.137. The quantitative estimate of drug-likeness (QED) is 0.760. The summed E-state index contributed by atoms with van der Waals surface area (Å²) in [6, 6.07) is 14.2. The van der Waals surface area contributed by atoms with Crippen molar-refractivity contribution in [2.45, 2.75) is 22.5 Å². The van der Waals surface area contributed by atoms with Gasteiger partial charge in [0.15, 0.2) is 9.79 Å². The molecule has 0 bridgehead atoms. The molecule has 1 nitrogen and oxygen atoms in total. The van der Waals surface area contributed by atoms with Gasteiger partial charge >= 0.3 is 6.18 Å². The van der Waals surface area contributed by atoms with E-state index < -0.39 is 11.7 Å². The molecule has 0 saturated heterocycles. The SMILES string of the molecule is Cl.FC(F)(F)c1ccc2c(c1)CNCC[S+]2c1ccccc1. The van der Waals surface area contributed by atoms with E-state index in [4.69, 9.17) is 0 Å². The largest absolute Gasteiger partial charge is 0.416 e. The normalized spacial score (nSPS) is 18.0. The van der Waals surface area contributed by atoms with Crippen molar-refractivity contribution in [1.82, 2.24) is 5.32 Å². The minimum absolute atomic E-state index is 0. The Morgan fingerprint density at radius 1 is 1.00 bits per heavy atom. The highest BCUT2D eigenvalue weighted by molar-refractivity contribution is 7.97. The van der Waals surface area contributed by atoms with Crippen LogP contribution in [0.3, 0.4) is 0 Å². The number of hydrogen-bond donors (Lipinski definition) is 1. The zero-order valence-electron chi connectivity index (χ0n) is 11.7. The summed E-state index contributed by atoms with van der Waals surface area (Å²) in [5, 5.41) is 3.22. The average Bonchev–Trinajstić information content (AvgIpc) is 2.69. The minimum Gasteiger partial charge on any atom is -0.308 e. The van der Waals surface area contributed by atoms with Crippen LogP contribution in [-0.2, 0) is 23.6 Å². The standard InChI is InChI=1S/C16H15F3NS.ClH/c17-16(18,19)13-6-7-15-12(10-13)11-20-8-9-21(15)14-4-2-1-3-5-14;/h1-7,10,20H,8-9,11H2;1H/q+1;.